The van der Waals surface area contributed by atoms with Crippen molar-refractivity contribution in [3.8, 4) is 0 Å². The van der Waals surface area contributed by atoms with E-state index in [1.807, 2.05) is 0 Å². The minimum Gasteiger partial charge on any atom is -0.478 e. The minimum absolute atomic E-state index is 0.0935. The van der Waals surface area contributed by atoms with Gasteiger partial charge in [-0.15, -0.1) is 0 Å². The van der Waals surface area contributed by atoms with Crippen molar-refractivity contribution in [1.29, 1.82) is 0 Å². The number of aromatic carboxylic acids is 1. The molecule has 2 rings (SSSR count). The largest absolute Gasteiger partial charge is 0.478 e. The van der Waals surface area contributed by atoms with Crippen molar-refractivity contribution < 1.29 is 37.7 Å². The van der Waals surface area contributed by atoms with E-state index in [1.54, 1.807) is 5.32 Å². The van der Waals surface area contributed by atoms with Crippen molar-refractivity contribution in [3.63, 3.8) is 0 Å². The number of benzene rings is 1. The quantitative estimate of drug-likeness (QED) is 0.449. The molecule has 3 atom stereocenters. The monoisotopic (exact) mass is 392 g/mol. The Bertz CT molecular complexity index is 725. The smallest absolute Gasteiger partial charge is 0.437 e. The minimum atomic E-state index is -5.24. The number of carbonyl (C=O) groups is 2. The van der Waals surface area contributed by atoms with E-state index in [0.29, 0.717) is 0 Å². The van der Waals surface area contributed by atoms with Crippen LogP contribution in [0, 0.1) is 5.92 Å². The summed E-state index contributed by atoms with van der Waals surface area (Å²) >= 11 is 4.74. The van der Waals surface area contributed by atoms with Gasteiger partial charge in [0, 0.05) is 0 Å². The Labute approximate surface area is 151 Å². The van der Waals surface area contributed by atoms with Crippen LogP contribution in [0.3, 0.4) is 0 Å². The van der Waals surface area contributed by atoms with E-state index in [9.17, 15) is 27.9 Å². The molecule has 1 saturated heterocycles. The number of nitrogens with one attached hydrogen (secondary N) is 2. The Morgan fingerprint density at radius 2 is 1.88 bits per heavy atom. The average molecular weight is 392 g/mol. The van der Waals surface area contributed by atoms with Gasteiger partial charge in [0.15, 0.2) is 5.11 Å². The highest BCUT2D eigenvalue weighted by Crippen LogP contribution is 2.43. The van der Waals surface area contributed by atoms with Crippen LogP contribution in [0.25, 0.3) is 0 Å². The van der Waals surface area contributed by atoms with Crippen LogP contribution in [-0.4, -0.2) is 45.8 Å². The Hall–Kier alpha value is -2.40. The first kappa shape index (κ1) is 19.9. The summed E-state index contributed by atoms with van der Waals surface area (Å²) in [5.74, 6) is -4.63. The zero-order valence-corrected chi connectivity index (χ0v) is 14.1. The molecule has 11 heteroatoms. The number of hydrogen-bond acceptors (Lipinski definition) is 5. The lowest BCUT2D eigenvalue weighted by molar-refractivity contribution is -0.292. The van der Waals surface area contributed by atoms with Gasteiger partial charge >= 0.3 is 18.1 Å². The third kappa shape index (κ3) is 3.58. The van der Waals surface area contributed by atoms with Crippen LogP contribution in [0.2, 0.25) is 0 Å². The summed E-state index contributed by atoms with van der Waals surface area (Å²) in [6.45, 7) is 1.22. The summed E-state index contributed by atoms with van der Waals surface area (Å²) in [6, 6.07) is 3.41. The van der Waals surface area contributed by atoms with Crippen LogP contribution in [0.15, 0.2) is 24.3 Å². The highest BCUT2D eigenvalue weighted by Gasteiger charge is 2.66. The molecule has 4 N–H and O–H groups in total. The third-order valence-corrected chi connectivity index (χ3v) is 4.08. The standard InChI is InChI=1S/C15H15F3N2O5S/c1-2-25-12(23)9-10(7-3-5-8(6-4-7)11(21)22)19-13(26)20-14(9,24)15(16,17)18/h3-6,9-10,24H,2H2,1H3,(H,21,22)(H2,19,20,26)/t9-,10+,14-/m0/s1. The Morgan fingerprint density at radius 1 is 1.31 bits per heavy atom. The molecule has 1 aromatic carbocycles. The van der Waals surface area contributed by atoms with Crippen LogP contribution >= 0.6 is 12.2 Å². The molecule has 1 fully saturated rings. The molecule has 1 aliphatic heterocycles. The van der Waals surface area contributed by atoms with Gasteiger partial charge in [0.25, 0.3) is 5.72 Å². The van der Waals surface area contributed by atoms with Gasteiger partial charge in [-0.2, -0.15) is 13.2 Å². The maximum Gasteiger partial charge on any atom is 0.437 e. The Morgan fingerprint density at radius 3 is 2.35 bits per heavy atom. The van der Waals surface area contributed by atoms with E-state index >= 15 is 0 Å². The van der Waals surface area contributed by atoms with E-state index in [4.69, 9.17) is 22.1 Å². The van der Waals surface area contributed by atoms with E-state index < -0.39 is 40.9 Å². The van der Waals surface area contributed by atoms with Gasteiger partial charge in [-0.25, -0.2) is 4.79 Å². The Kier molecular flexibility index (Phi) is 5.42. The Balaban J connectivity index is 2.54. The van der Waals surface area contributed by atoms with Crippen molar-refractivity contribution in [2.75, 3.05) is 6.61 Å². The summed E-state index contributed by atoms with van der Waals surface area (Å²) in [6.07, 6.45) is -5.24. The molecule has 0 aliphatic carbocycles. The van der Waals surface area contributed by atoms with Gasteiger partial charge in [0.2, 0.25) is 0 Å². The van der Waals surface area contributed by atoms with E-state index in [0.717, 1.165) is 0 Å². The summed E-state index contributed by atoms with van der Waals surface area (Å²) in [7, 11) is 0. The predicted molar refractivity (Wildman–Crippen MR) is 86.1 cm³/mol. The number of carbonyl (C=O) groups excluding carboxylic acids is 1. The molecule has 0 amide bonds. The summed E-state index contributed by atoms with van der Waals surface area (Å²) in [5, 5.41) is 22.9. The number of hydrogen-bond donors (Lipinski definition) is 4. The first-order valence-electron chi connectivity index (χ1n) is 7.39. The second-order valence-electron chi connectivity index (χ2n) is 5.50. The molecule has 0 saturated carbocycles. The lowest BCUT2D eigenvalue weighted by atomic mass is 9.82. The topological polar surface area (TPSA) is 108 Å². The molecule has 1 heterocycles. The average Bonchev–Trinajstić information content (AvgIpc) is 2.53. The highest BCUT2D eigenvalue weighted by molar-refractivity contribution is 7.80. The van der Waals surface area contributed by atoms with Gasteiger partial charge in [0.05, 0.1) is 18.2 Å². The normalized spacial score (nSPS) is 25.8. The van der Waals surface area contributed by atoms with Gasteiger partial charge in [-0.1, -0.05) is 12.1 Å². The molecule has 0 bridgehead atoms. The van der Waals surface area contributed by atoms with Gasteiger partial charge in [-0.05, 0) is 36.8 Å². The van der Waals surface area contributed by atoms with Crippen LogP contribution in [0.1, 0.15) is 28.9 Å². The van der Waals surface area contributed by atoms with Crippen LogP contribution < -0.4 is 10.6 Å². The number of halogens is 3. The molecule has 1 aromatic rings. The number of ether oxygens (including phenoxy) is 1. The zero-order valence-electron chi connectivity index (χ0n) is 13.3. The van der Waals surface area contributed by atoms with Crippen molar-refractivity contribution in [3.05, 3.63) is 35.4 Å². The SMILES string of the molecule is CCOC(=O)[C@@H]1[C@@H](c2ccc(C(=O)O)cc2)NC(=S)N[C@@]1(O)C(F)(F)F. The second kappa shape index (κ2) is 7.08. The van der Waals surface area contributed by atoms with E-state index in [2.05, 4.69) is 5.32 Å². The number of aliphatic hydroxyl groups is 1. The summed E-state index contributed by atoms with van der Waals surface area (Å²) < 4.78 is 45.3. The molecule has 0 spiro atoms. The molecule has 0 unspecified atom stereocenters. The van der Waals surface area contributed by atoms with Gasteiger partial charge in [-0.3, -0.25) is 4.79 Å². The molecule has 142 valence electrons. The van der Waals surface area contributed by atoms with Crippen molar-refractivity contribution >= 4 is 29.3 Å². The van der Waals surface area contributed by atoms with Crippen LogP contribution in [-0.2, 0) is 9.53 Å². The number of alkyl halides is 3. The molecule has 26 heavy (non-hydrogen) atoms. The number of carboxylic acid groups (broad SMARTS) is 1. The number of esters is 1. The lowest BCUT2D eigenvalue weighted by Crippen LogP contribution is -2.73. The molecule has 7 nitrogen and oxygen atoms in total. The molecular weight excluding hydrogens is 377 g/mol. The van der Waals surface area contributed by atoms with Crippen molar-refractivity contribution in [2.24, 2.45) is 5.92 Å². The maximum absolute atomic E-state index is 13.5. The van der Waals surface area contributed by atoms with Crippen LogP contribution in [0.4, 0.5) is 13.2 Å². The van der Waals surface area contributed by atoms with Crippen molar-refractivity contribution in [1.82, 2.24) is 10.6 Å². The first-order valence-corrected chi connectivity index (χ1v) is 7.79. The fourth-order valence-electron chi connectivity index (χ4n) is 2.65. The lowest BCUT2D eigenvalue weighted by Gasteiger charge is -2.45. The number of thiocarbonyl (C=S) groups is 1. The van der Waals surface area contributed by atoms with E-state index in [-0.39, 0.29) is 17.7 Å². The molecule has 0 radical (unpaired) electrons. The molecule has 1 aliphatic rings. The molecule has 0 aromatic heterocycles. The number of carboxylic acids is 1. The van der Waals surface area contributed by atoms with Gasteiger partial charge in [0.1, 0.15) is 5.92 Å². The zero-order chi connectivity index (χ0) is 19.7. The number of rotatable bonds is 4. The fourth-order valence-corrected chi connectivity index (χ4v) is 2.93. The summed E-state index contributed by atoms with van der Waals surface area (Å²) in [5.41, 5.74) is -3.62. The van der Waals surface area contributed by atoms with E-state index in [1.165, 1.54) is 31.2 Å². The fraction of sp³-hybridized carbons (Fsp3) is 0.400. The third-order valence-electron chi connectivity index (χ3n) is 3.86. The highest BCUT2D eigenvalue weighted by atomic mass is 32.1. The molecular formula is C15H15F3N2O5S. The van der Waals surface area contributed by atoms with Gasteiger partial charge < -0.3 is 25.6 Å². The summed E-state index contributed by atoms with van der Waals surface area (Å²) in [4.78, 5) is 23.1. The predicted octanol–water partition coefficient (Wildman–Crippen LogP) is 1.33. The first-order chi connectivity index (χ1) is 12.0. The second-order valence-corrected chi connectivity index (χ2v) is 5.91. The van der Waals surface area contributed by atoms with Crippen LogP contribution in [0.5, 0.6) is 0 Å². The maximum atomic E-state index is 13.5. The van der Waals surface area contributed by atoms with Crippen molar-refractivity contribution in [2.45, 2.75) is 24.9 Å².